The van der Waals surface area contributed by atoms with Crippen LogP contribution in [0.1, 0.15) is 18.9 Å². The van der Waals surface area contributed by atoms with Crippen LogP contribution in [0.5, 0.6) is 11.5 Å². The standard InChI is InChI=1S/C24H23N5O3S/c30-22(26-11-16-13-31-20-7-3-4-8-21(20)32-16)14-33-24-28-27-23(29(24)15-9-10-15)18-12-25-19-6-2-1-5-17(18)19/h1-8,12,15-16,25H,9-11,13-14H2,(H,26,30)/t16-/m1/s1. The highest BCUT2D eigenvalue weighted by Gasteiger charge is 2.31. The second-order valence-electron chi connectivity index (χ2n) is 8.25. The SMILES string of the molecule is O=C(CSc1nnc(-c2c[nH]c3ccccc23)n1C1CC1)NC[C@@H]1COc2ccccc2O1. The maximum Gasteiger partial charge on any atom is 0.230 e. The highest BCUT2D eigenvalue weighted by Crippen LogP contribution is 2.42. The van der Waals surface area contributed by atoms with Crippen molar-refractivity contribution in [1.29, 1.82) is 0 Å². The normalized spacial score (nSPS) is 17.3. The van der Waals surface area contributed by atoms with Crippen molar-refractivity contribution in [3.8, 4) is 22.9 Å². The number of aromatic amines is 1. The van der Waals surface area contributed by atoms with E-state index in [-0.39, 0.29) is 17.8 Å². The molecule has 0 bridgehead atoms. The van der Waals surface area contributed by atoms with Gasteiger partial charge >= 0.3 is 0 Å². The number of nitrogens with one attached hydrogen (secondary N) is 2. The fraction of sp³-hybridized carbons (Fsp3) is 0.292. The molecule has 6 rings (SSSR count). The van der Waals surface area contributed by atoms with E-state index >= 15 is 0 Å². The first-order valence-electron chi connectivity index (χ1n) is 11.1. The molecule has 1 saturated carbocycles. The van der Waals surface area contributed by atoms with Gasteiger partial charge in [-0.3, -0.25) is 9.36 Å². The molecule has 2 aromatic heterocycles. The number of H-pyrrole nitrogens is 1. The average Bonchev–Trinajstić information content (AvgIpc) is 3.46. The number of aromatic nitrogens is 4. The number of rotatable bonds is 7. The maximum atomic E-state index is 12.5. The molecule has 2 aromatic carbocycles. The molecule has 9 heteroatoms. The first kappa shape index (κ1) is 20.2. The number of hydrogen-bond donors (Lipinski definition) is 2. The van der Waals surface area contributed by atoms with Crippen LogP contribution in [0.15, 0.2) is 59.9 Å². The van der Waals surface area contributed by atoms with Crippen LogP contribution in [0.3, 0.4) is 0 Å². The van der Waals surface area contributed by atoms with Gasteiger partial charge in [-0.05, 0) is 31.0 Å². The quantitative estimate of drug-likeness (QED) is 0.407. The van der Waals surface area contributed by atoms with Crippen molar-refractivity contribution in [2.24, 2.45) is 0 Å². The number of carbonyl (C=O) groups excluding carboxylic acids is 1. The van der Waals surface area contributed by atoms with Crippen LogP contribution in [0.4, 0.5) is 0 Å². The van der Waals surface area contributed by atoms with Crippen molar-refractivity contribution in [3.63, 3.8) is 0 Å². The van der Waals surface area contributed by atoms with Crippen molar-refractivity contribution in [2.45, 2.75) is 30.1 Å². The lowest BCUT2D eigenvalue weighted by Crippen LogP contribution is -2.41. The highest BCUT2D eigenvalue weighted by atomic mass is 32.2. The third kappa shape index (κ3) is 4.04. The predicted octanol–water partition coefficient (Wildman–Crippen LogP) is 3.81. The van der Waals surface area contributed by atoms with E-state index < -0.39 is 0 Å². The number of para-hydroxylation sites is 3. The Morgan fingerprint density at radius 2 is 1.94 bits per heavy atom. The van der Waals surface area contributed by atoms with Gasteiger partial charge in [0.2, 0.25) is 5.91 Å². The van der Waals surface area contributed by atoms with Gasteiger partial charge in [0.15, 0.2) is 22.5 Å². The zero-order valence-corrected chi connectivity index (χ0v) is 18.7. The van der Waals surface area contributed by atoms with Crippen molar-refractivity contribution >= 4 is 28.6 Å². The minimum absolute atomic E-state index is 0.0681. The lowest BCUT2D eigenvalue weighted by Gasteiger charge is -2.26. The van der Waals surface area contributed by atoms with Crippen LogP contribution in [-0.2, 0) is 4.79 Å². The Balaban J connectivity index is 1.10. The summed E-state index contributed by atoms with van der Waals surface area (Å²) in [5.74, 6) is 2.50. The fourth-order valence-electron chi connectivity index (χ4n) is 4.05. The topological polar surface area (TPSA) is 94.1 Å². The van der Waals surface area contributed by atoms with Gasteiger partial charge in [-0.15, -0.1) is 10.2 Å². The predicted molar refractivity (Wildman–Crippen MR) is 126 cm³/mol. The Bertz CT molecular complexity index is 1310. The Kier molecular flexibility index (Phi) is 5.18. The van der Waals surface area contributed by atoms with Crippen LogP contribution in [-0.4, -0.2) is 50.7 Å². The molecule has 0 unspecified atom stereocenters. The van der Waals surface area contributed by atoms with E-state index in [4.69, 9.17) is 9.47 Å². The molecular formula is C24H23N5O3S. The number of thioether (sulfide) groups is 1. The van der Waals surface area contributed by atoms with Crippen molar-refractivity contribution < 1.29 is 14.3 Å². The lowest BCUT2D eigenvalue weighted by atomic mass is 10.1. The zero-order chi connectivity index (χ0) is 22.2. The molecule has 4 aromatic rings. The molecule has 1 amide bonds. The highest BCUT2D eigenvalue weighted by molar-refractivity contribution is 7.99. The second-order valence-corrected chi connectivity index (χ2v) is 9.19. The molecule has 0 saturated heterocycles. The van der Waals surface area contributed by atoms with E-state index in [0.717, 1.165) is 46.0 Å². The molecule has 1 aliphatic heterocycles. The molecule has 2 N–H and O–H groups in total. The van der Waals surface area contributed by atoms with E-state index in [2.05, 4.69) is 37.2 Å². The van der Waals surface area contributed by atoms with E-state index in [9.17, 15) is 4.79 Å². The van der Waals surface area contributed by atoms with Crippen LogP contribution in [0.2, 0.25) is 0 Å². The summed E-state index contributed by atoms with van der Waals surface area (Å²) < 4.78 is 13.8. The van der Waals surface area contributed by atoms with Gasteiger partial charge in [-0.25, -0.2) is 0 Å². The van der Waals surface area contributed by atoms with Gasteiger partial charge in [-0.2, -0.15) is 0 Å². The van der Waals surface area contributed by atoms with Gasteiger partial charge in [-0.1, -0.05) is 42.1 Å². The van der Waals surface area contributed by atoms with Gasteiger partial charge in [0.1, 0.15) is 12.7 Å². The summed E-state index contributed by atoms with van der Waals surface area (Å²) >= 11 is 1.42. The van der Waals surface area contributed by atoms with Gasteiger partial charge in [0, 0.05) is 28.7 Å². The summed E-state index contributed by atoms with van der Waals surface area (Å²) in [4.78, 5) is 15.8. The summed E-state index contributed by atoms with van der Waals surface area (Å²) in [6.45, 7) is 0.804. The van der Waals surface area contributed by atoms with E-state index in [1.165, 1.54) is 11.8 Å². The molecule has 1 atom stereocenters. The van der Waals surface area contributed by atoms with Gasteiger partial charge < -0.3 is 19.8 Å². The van der Waals surface area contributed by atoms with Crippen LogP contribution in [0.25, 0.3) is 22.3 Å². The van der Waals surface area contributed by atoms with E-state index in [0.29, 0.717) is 24.9 Å². The maximum absolute atomic E-state index is 12.5. The largest absolute Gasteiger partial charge is 0.486 e. The molecule has 168 valence electrons. The number of carbonyl (C=O) groups is 1. The Morgan fingerprint density at radius 1 is 1.12 bits per heavy atom. The number of ether oxygens (including phenoxy) is 2. The Morgan fingerprint density at radius 3 is 2.82 bits per heavy atom. The van der Waals surface area contributed by atoms with Crippen molar-refractivity contribution in [2.75, 3.05) is 18.9 Å². The number of benzene rings is 2. The smallest absolute Gasteiger partial charge is 0.230 e. The molecule has 8 nitrogen and oxygen atoms in total. The molecule has 0 radical (unpaired) electrons. The number of nitrogens with zero attached hydrogens (tertiary/aromatic N) is 3. The second kappa shape index (κ2) is 8.47. The first-order valence-corrected chi connectivity index (χ1v) is 12.0. The first-order chi connectivity index (χ1) is 16.3. The summed E-state index contributed by atoms with van der Waals surface area (Å²) in [6, 6.07) is 16.1. The molecular weight excluding hydrogens is 438 g/mol. The van der Waals surface area contributed by atoms with Gasteiger partial charge in [0.05, 0.1) is 12.3 Å². The summed E-state index contributed by atoms with van der Waals surface area (Å²) in [5.41, 5.74) is 2.11. The number of fused-ring (bicyclic) bond motifs is 2. The molecule has 1 aliphatic carbocycles. The minimum atomic E-state index is -0.211. The molecule has 33 heavy (non-hydrogen) atoms. The third-order valence-corrected chi connectivity index (χ3v) is 6.78. The van der Waals surface area contributed by atoms with E-state index in [1.807, 2.05) is 42.6 Å². The summed E-state index contributed by atoms with van der Waals surface area (Å²) in [5, 5.41) is 13.8. The van der Waals surface area contributed by atoms with Crippen molar-refractivity contribution in [3.05, 3.63) is 54.7 Å². The fourth-order valence-corrected chi connectivity index (χ4v) is 4.89. The lowest BCUT2D eigenvalue weighted by molar-refractivity contribution is -0.119. The van der Waals surface area contributed by atoms with Gasteiger partial charge in [0.25, 0.3) is 0 Å². The Hall–Kier alpha value is -3.46. The summed E-state index contributed by atoms with van der Waals surface area (Å²) in [7, 11) is 0. The van der Waals surface area contributed by atoms with Crippen LogP contribution >= 0.6 is 11.8 Å². The molecule has 3 heterocycles. The van der Waals surface area contributed by atoms with Crippen molar-refractivity contribution in [1.82, 2.24) is 25.1 Å². The zero-order valence-electron chi connectivity index (χ0n) is 17.9. The third-order valence-electron chi connectivity index (χ3n) is 5.83. The Labute approximate surface area is 194 Å². The van der Waals surface area contributed by atoms with Crippen LogP contribution in [0, 0.1) is 0 Å². The van der Waals surface area contributed by atoms with Crippen LogP contribution < -0.4 is 14.8 Å². The number of hydrogen-bond acceptors (Lipinski definition) is 6. The molecule has 2 aliphatic rings. The summed E-state index contributed by atoms with van der Waals surface area (Å²) in [6.07, 6.45) is 3.98. The molecule has 0 spiro atoms. The van der Waals surface area contributed by atoms with E-state index in [1.54, 1.807) is 0 Å². The number of amides is 1. The monoisotopic (exact) mass is 461 g/mol. The minimum Gasteiger partial charge on any atom is -0.486 e. The average molecular weight is 462 g/mol. The molecule has 1 fully saturated rings.